The average Bonchev–Trinajstić information content (AvgIpc) is 2.79. The van der Waals surface area contributed by atoms with E-state index in [1.165, 1.54) is 0 Å². The number of carbonyl (C=O) groups is 1. The molecule has 1 aromatic rings. The van der Waals surface area contributed by atoms with E-state index in [0.717, 1.165) is 37.3 Å². The average molecular weight is 280 g/mol. The number of nitrogens with zero attached hydrogens (tertiary/aromatic N) is 1. The highest BCUT2D eigenvalue weighted by atomic mass is 16.5. The van der Waals surface area contributed by atoms with Gasteiger partial charge in [-0.2, -0.15) is 0 Å². The van der Waals surface area contributed by atoms with Crippen LogP contribution in [0.4, 0.5) is 5.69 Å². The zero-order valence-corrected chi connectivity index (χ0v) is 12.7. The van der Waals surface area contributed by atoms with Gasteiger partial charge in [-0.15, -0.1) is 0 Å². The SMILES string of the molecule is CCc1noc(C)c1NC(=O)[C@@H]1CCCO[C@H]1C(C)C. The highest BCUT2D eigenvalue weighted by Crippen LogP contribution is 2.29. The highest BCUT2D eigenvalue weighted by Gasteiger charge is 2.34. The largest absolute Gasteiger partial charge is 0.377 e. The fourth-order valence-electron chi connectivity index (χ4n) is 2.78. The lowest BCUT2D eigenvalue weighted by atomic mass is 9.86. The van der Waals surface area contributed by atoms with Gasteiger partial charge in [0.1, 0.15) is 11.4 Å². The van der Waals surface area contributed by atoms with Crippen LogP contribution in [-0.2, 0) is 16.0 Å². The Morgan fingerprint density at radius 3 is 2.90 bits per heavy atom. The number of aryl methyl sites for hydroxylation is 2. The number of hydrogen-bond acceptors (Lipinski definition) is 4. The van der Waals surface area contributed by atoms with Crippen molar-refractivity contribution >= 4 is 11.6 Å². The van der Waals surface area contributed by atoms with Gasteiger partial charge in [-0.25, -0.2) is 0 Å². The van der Waals surface area contributed by atoms with Gasteiger partial charge in [-0.3, -0.25) is 4.79 Å². The van der Waals surface area contributed by atoms with Crippen LogP contribution in [-0.4, -0.2) is 23.8 Å². The molecule has 2 rings (SSSR count). The summed E-state index contributed by atoms with van der Waals surface area (Å²) in [6.45, 7) is 8.75. The van der Waals surface area contributed by atoms with E-state index in [0.29, 0.717) is 11.7 Å². The van der Waals surface area contributed by atoms with E-state index in [9.17, 15) is 4.79 Å². The number of aromatic nitrogens is 1. The van der Waals surface area contributed by atoms with Gasteiger partial charge in [-0.1, -0.05) is 25.9 Å². The van der Waals surface area contributed by atoms with Gasteiger partial charge in [-0.05, 0) is 32.1 Å². The monoisotopic (exact) mass is 280 g/mol. The van der Waals surface area contributed by atoms with E-state index >= 15 is 0 Å². The van der Waals surface area contributed by atoms with Gasteiger partial charge in [0.25, 0.3) is 0 Å². The second kappa shape index (κ2) is 6.39. The fraction of sp³-hybridized carbons (Fsp3) is 0.733. The Bertz CT molecular complexity index is 468. The van der Waals surface area contributed by atoms with E-state index in [4.69, 9.17) is 9.26 Å². The Morgan fingerprint density at radius 1 is 1.50 bits per heavy atom. The van der Waals surface area contributed by atoms with Gasteiger partial charge in [0.2, 0.25) is 5.91 Å². The Hall–Kier alpha value is -1.36. The molecular formula is C15H24N2O3. The summed E-state index contributed by atoms with van der Waals surface area (Å²) in [5.74, 6) is 0.917. The number of carbonyl (C=O) groups excluding carboxylic acids is 1. The molecule has 0 aliphatic carbocycles. The summed E-state index contributed by atoms with van der Waals surface area (Å²) in [6.07, 6.45) is 2.54. The summed E-state index contributed by atoms with van der Waals surface area (Å²) in [5, 5.41) is 6.95. The molecule has 0 unspecified atom stereocenters. The lowest BCUT2D eigenvalue weighted by Crippen LogP contribution is -2.41. The van der Waals surface area contributed by atoms with Crippen molar-refractivity contribution in [3.05, 3.63) is 11.5 Å². The lowest BCUT2D eigenvalue weighted by Gasteiger charge is -2.33. The van der Waals surface area contributed by atoms with Crippen molar-refractivity contribution in [3.8, 4) is 0 Å². The first-order valence-electron chi connectivity index (χ1n) is 7.42. The van der Waals surface area contributed by atoms with E-state index in [1.54, 1.807) is 0 Å². The summed E-state index contributed by atoms with van der Waals surface area (Å²) in [6, 6.07) is 0. The van der Waals surface area contributed by atoms with Crippen LogP contribution in [0.3, 0.4) is 0 Å². The van der Waals surface area contributed by atoms with Crippen molar-refractivity contribution in [2.24, 2.45) is 11.8 Å². The molecule has 1 amide bonds. The molecule has 1 fully saturated rings. The first-order chi connectivity index (χ1) is 9.54. The second-order valence-electron chi connectivity index (χ2n) is 5.73. The van der Waals surface area contributed by atoms with Crippen molar-refractivity contribution in [2.75, 3.05) is 11.9 Å². The second-order valence-corrected chi connectivity index (χ2v) is 5.73. The van der Waals surface area contributed by atoms with Crippen molar-refractivity contribution in [1.82, 2.24) is 5.16 Å². The van der Waals surface area contributed by atoms with Crippen LogP contribution in [0.15, 0.2) is 4.52 Å². The summed E-state index contributed by atoms with van der Waals surface area (Å²) < 4.78 is 10.9. The predicted molar refractivity (Wildman–Crippen MR) is 76.5 cm³/mol. The summed E-state index contributed by atoms with van der Waals surface area (Å²) in [4.78, 5) is 12.5. The molecular weight excluding hydrogens is 256 g/mol. The zero-order chi connectivity index (χ0) is 14.7. The van der Waals surface area contributed by atoms with Gasteiger partial charge in [0.05, 0.1) is 12.0 Å². The van der Waals surface area contributed by atoms with Crippen molar-refractivity contribution in [2.45, 2.75) is 53.1 Å². The smallest absolute Gasteiger partial charge is 0.230 e. The molecule has 5 nitrogen and oxygen atoms in total. The molecule has 0 spiro atoms. The Morgan fingerprint density at radius 2 is 2.25 bits per heavy atom. The summed E-state index contributed by atoms with van der Waals surface area (Å²) in [5.41, 5.74) is 1.53. The van der Waals surface area contributed by atoms with Crippen LogP contribution < -0.4 is 5.32 Å². The van der Waals surface area contributed by atoms with Crippen LogP contribution in [0.1, 0.15) is 45.1 Å². The van der Waals surface area contributed by atoms with Gasteiger partial charge >= 0.3 is 0 Å². The lowest BCUT2D eigenvalue weighted by molar-refractivity contribution is -0.131. The quantitative estimate of drug-likeness (QED) is 0.921. The maximum absolute atomic E-state index is 12.5. The van der Waals surface area contributed by atoms with Crippen LogP contribution in [0.5, 0.6) is 0 Å². The molecule has 5 heteroatoms. The van der Waals surface area contributed by atoms with Crippen LogP contribution >= 0.6 is 0 Å². The van der Waals surface area contributed by atoms with E-state index in [1.807, 2.05) is 13.8 Å². The van der Waals surface area contributed by atoms with Crippen molar-refractivity contribution in [3.63, 3.8) is 0 Å². The van der Waals surface area contributed by atoms with Crippen LogP contribution in [0.25, 0.3) is 0 Å². The maximum atomic E-state index is 12.5. The molecule has 0 aromatic carbocycles. The predicted octanol–water partition coefficient (Wildman–Crippen LogP) is 2.94. The highest BCUT2D eigenvalue weighted by molar-refractivity contribution is 5.94. The number of amides is 1. The molecule has 0 saturated carbocycles. The fourth-order valence-corrected chi connectivity index (χ4v) is 2.78. The third-order valence-corrected chi connectivity index (χ3v) is 3.88. The third kappa shape index (κ3) is 3.03. The van der Waals surface area contributed by atoms with Gasteiger partial charge < -0.3 is 14.6 Å². The number of hydrogen-bond donors (Lipinski definition) is 1. The molecule has 1 aliphatic heterocycles. The molecule has 20 heavy (non-hydrogen) atoms. The Labute approximate surface area is 120 Å². The van der Waals surface area contributed by atoms with E-state index in [-0.39, 0.29) is 17.9 Å². The first kappa shape index (κ1) is 15.0. The number of nitrogens with one attached hydrogen (secondary N) is 1. The topological polar surface area (TPSA) is 64.4 Å². The minimum atomic E-state index is -0.0947. The van der Waals surface area contributed by atoms with Gasteiger partial charge in [0.15, 0.2) is 5.76 Å². The molecule has 1 saturated heterocycles. The Kier molecular flexibility index (Phi) is 4.81. The van der Waals surface area contributed by atoms with Crippen molar-refractivity contribution < 1.29 is 14.1 Å². The molecule has 2 atom stereocenters. The van der Waals surface area contributed by atoms with Crippen molar-refractivity contribution in [1.29, 1.82) is 0 Å². The Balaban J connectivity index is 2.12. The number of anilines is 1. The summed E-state index contributed by atoms with van der Waals surface area (Å²) in [7, 11) is 0. The molecule has 0 radical (unpaired) electrons. The zero-order valence-electron chi connectivity index (χ0n) is 12.7. The van der Waals surface area contributed by atoms with E-state index < -0.39 is 0 Å². The number of ether oxygens (including phenoxy) is 1. The molecule has 112 valence electrons. The minimum Gasteiger partial charge on any atom is -0.377 e. The first-order valence-corrected chi connectivity index (χ1v) is 7.42. The molecule has 1 aromatic heterocycles. The normalized spacial score (nSPS) is 23.1. The molecule has 1 N–H and O–H groups in total. The maximum Gasteiger partial charge on any atom is 0.230 e. The van der Waals surface area contributed by atoms with Crippen LogP contribution in [0.2, 0.25) is 0 Å². The standard InChI is InChI=1S/C15H24N2O3/c1-5-12-13(10(4)20-17-12)16-15(18)11-7-6-8-19-14(11)9(2)3/h9,11,14H,5-8H2,1-4H3,(H,16,18)/t11-,14+/m1/s1. The summed E-state index contributed by atoms with van der Waals surface area (Å²) >= 11 is 0. The molecule has 2 heterocycles. The minimum absolute atomic E-state index is 0.00556. The van der Waals surface area contributed by atoms with Gasteiger partial charge in [0, 0.05) is 6.61 Å². The van der Waals surface area contributed by atoms with E-state index in [2.05, 4.69) is 24.3 Å². The van der Waals surface area contributed by atoms with Crippen LogP contribution in [0, 0.1) is 18.8 Å². The molecule has 1 aliphatic rings. The molecule has 0 bridgehead atoms. The third-order valence-electron chi connectivity index (χ3n) is 3.88. The number of rotatable bonds is 4.